The average Bonchev–Trinajstić information content (AvgIpc) is 2.49. The Kier molecular flexibility index (Phi) is 5.22. The van der Waals surface area contributed by atoms with E-state index in [1.54, 1.807) is 23.1 Å². The minimum Gasteiger partial charge on any atom is -0.469 e. The molecule has 2 N–H and O–H groups in total. The average molecular weight is 355 g/mol. The number of hydrogen-bond acceptors (Lipinski definition) is 4. The van der Waals surface area contributed by atoms with Gasteiger partial charge in [0.2, 0.25) is 0 Å². The zero-order chi connectivity index (χ0) is 15.4. The van der Waals surface area contributed by atoms with Crippen LogP contribution in [-0.2, 0) is 9.53 Å². The zero-order valence-electron chi connectivity index (χ0n) is 12.0. The van der Waals surface area contributed by atoms with Crippen molar-refractivity contribution >= 4 is 33.5 Å². The van der Waals surface area contributed by atoms with Crippen LogP contribution in [0.4, 0.5) is 5.69 Å². The number of halogens is 1. The molecule has 0 aromatic heterocycles. The van der Waals surface area contributed by atoms with Crippen molar-refractivity contribution < 1.29 is 14.3 Å². The molecule has 0 aliphatic carbocycles. The van der Waals surface area contributed by atoms with Crippen molar-refractivity contribution in [2.24, 2.45) is 0 Å². The predicted octanol–water partition coefficient (Wildman–Crippen LogP) is 2.59. The third kappa shape index (κ3) is 3.75. The second-order valence-electron chi connectivity index (χ2n) is 5.17. The van der Waals surface area contributed by atoms with Crippen LogP contribution >= 0.6 is 15.9 Å². The molecular weight excluding hydrogens is 336 g/mol. The lowest BCUT2D eigenvalue weighted by Gasteiger charge is -2.35. The lowest BCUT2D eigenvalue weighted by molar-refractivity contribution is -0.142. The molecule has 0 saturated carbocycles. The van der Waals surface area contributed by atoms with E-state index in [9.17, 15) is 9.59 Å². The fourth-order valence-corrected chi connectivity index (χ4v) is 3.03. The molecule has 1 atom stereocenters. The Labute approximate surface area is 132 Å². The smallest absolute Gasteiger partial charge is 0.307 e. The van der Waals surface area contributed by atoms with Crippen LogP contribution in [0, 0.1) is 0 Å². The van der Waals surface area contributed by atoms with E-state index in [-0.39, 0.29) is 24.3 Å². The number of rotatable bonds is 3. The van der Waals surface area contributed by atoms with Gasteiger partial charge in [-0.15, -0.1) is 0 Å². The topological polar surface area (TPSA) is 72.6 Å². The summed E-state index contributed by atoms with van der Waals surface area (Å²) in [6.07, 6.45) is 3.02. The lowest BCUT2D eigenvalue weighted by atomic mass is 9.98. The Morgan fingerprint density at radius 2 is 2.19 bits per heavy atom. The summed E-state index contributed by atoms with van der Waals surface area (Å²) in [4.78, 5) is 26.0. The van der Waals surface area contributed by atoms with Gasteiger partial charge in [-0.25, -0.2) is 0 Å². The molecule has 1 fully saturated rings. The molecule has 21 heavy (non-hydrogen) atoms. The number of benzene rings is 1. The van der Waals surface area contributed by atoms with E-state index in [0.717, 1.165) is 19.3 Å². The number of nitrogen functional groups attached to an aromatic ring is 1. The maximum atomic E-state index is 12.7. The Balaban J connectivity index is 2.22. The van der Waals surface area contributed by atoms with Crippen molar-refractivity contribution in [1.29, 1.82) is 0 Å². The number of methoxy groups -OCH3 is 1. The number of carbonyl (C=O) groups is 2. The highest BCUT2D eigenvalue weighted by molar-refractivity contribution is 9.10. The van der Waals surface area contributed by atoms with Crippen LogP contribution in [0.3, 0.4) is 0 Å². The highest BCUT2D eigenvalue weighted by atomic mass is 79.9. The summed E-state index contributed by atoms with van der Waals surface area (Å²) >= 11 is 3.39. The molecule has 1 unspecified atom stereocenters. The van der Waals surface area contributed by atoms with Crippen molar-refractivity contribution in [3.8, 4) is 0 Å². The Morgan fingerprint density at radius 3 is 2.90 bits per heavy atom. The molecule has 1 aliphatic rings. The van der Waals surface area contributed by atoms with Gasteiger partial charge in [0.1, 0.15) is 0 Å². The van der Waals surface area contributed by atoms with Crippen molar-refractivity contribution in [1.82, 2.24) is 4.90 Å². The van der Waals surface area contributed by atoms with E-state index in [0.29, 0.717) is 22.3 Å². The van der Waals surface area contributed by atoms with Crippen LogP contribution in [-0.4, -0.2) is 36.5 Å². The molecule has 1 aromatic rings. The zero-order valence-corrected chi connectivity index (χ0v) is 13.6. The second kappa shape index (κ2) is 6.93. The first kappa shape index (κ1) is 15.8. The van der Waals surface area contributed by atoms with E-state index >= 15 is 0 Å². The van der Waals surface area contributed by atoms with Crippen molar-refractivity contribution in [2.45, 2.75) is 31.7 Å². The van der Waals surface area contributed by atoms with Gasteiger partial charge in [0, 0.05) is 22.7 Å². The van der Waals surface area contributed by atoms with Gasteiger partial charge in [0.15, 0.2) is 0 Å². The number of ether oxygens (including phenoxy) is 1. The first-order chi connectivity index (χ1) is 10.0. The number of esters is 1. The van der Waals surface area contributed by atoms with Gasteiger partial charge in [-0.3, -0.25) is 9.59 Å². The maximum Gasteiger partial charge on any atom is 0.307 e. The largest absolute Gasteiger partial charge is 0.469 e. The number of likely N-dealkylation sites (tertiary alicyclic amines) is 1. The quantitative estimate of drug-likeness (QED) is 0.668. The second-order valence-corrected chi connectivity index (χ2v) is 6.02. The molecular formula is C15H19BrN2O3. The van der Waals surface area contributed by atoms with E-state index in [1.165, 1.54) is 7.11 Å². The summed E-state index contributed by atoms with van der Waals surface area (Å²) in [6, 6.07) is 5.06. The van der Waals surface area contributed by atoms with Gasteiger partial charge in [-0.2, -0.15) is 0 Å². The number of carbonyl (C=O) groups excluding carboxylic acids is 2. The van der Waals surface area contributed by atoms with E-state index in [1.807, 2.05) is 0 Å². The van der Waals surface area contributed by atoms with E-state index in [4.69, 9.17) is 10.5 Å². The molecule has 114 valence electrons. The van der Waals surface area contributed by atoms with E-state index < -0.39 is 0 Å². The highest BCUT2D eigenvalue weighted by Gasteiger charge is 2.30. The van der Waals surface area contributed by atoms with E-state index in [2.05, 4.69) is 15.9 Å². The third-order valence-electron chi connectivity index (χ3n) is 3.74. The van der Waals surface area contributed by atoms with Crippen LogP contribution in [0.25, 0.3) is 0 Å². The molecule has 1 aromatic carbocycles. The van der Waals surface area contributed by atoms with Crippen LogP contribution in [0.15, 0.2) is 22.7 Å². The van der Waals surface area contributed by atoms with Gasteiger partial charge in [0.05, 0.1) is 19.1 Å². The number of amides is 1. The summed E-state index contributed by atoms with van der Waals surface area (Å²) in [5.41, 5.74) is 6.84. The van der Waals surface area contributed by atoms with Crippen LogP contribution < -0.4 is 5.73 Å². The van der Waals surface area contributed by atoms with Crippen molar-refractivity contribution in [3.63, 3.8) is 0 Å². The van der Waals surface area contributed by atoms with Gasteiger partial charge in [-0.05, 0) is 53.4 Å². The number of piperidine rings is 1. The van der Waals surface area contributed by atoms with Gasteiger partial charge in [-0.1, -0.05) is 0 Å². The lowest BCUT2D eigenvalue weighted by Crippen LogP contribution is -2.45. The molecule has 1 heterocycles. The monoisotopic (exact) mass is 354 g/mol. The standard InChI is InChI=1S/C15H19BrN2O3/c1-21-14(19)9-11-4-2-3-7-18(11)15(20)12-8-10(17)5-6-13(12)16/h5-6,8,11H,2-4,7,9,17H2,1H3. The van der Waals surface area contributed by atoms with Crippen molar-refractivity contribution in [2.75, 3.05) is 19.4 Å². The van der Waals surface area contributed by atoms with Crippen LogP contribution in [0.2, 0.25) is 0 Å². The van der Waals surface area contributed by atoms with Crippen LogP contribution in [0.5, 0.6) is 0 Å². The summed E-state index contributed by atoms with van der Waals surface area (Å²) in [5, 5.41) is 0. The molecule has 0 bridgehead atoms. The first-order valence-corrected chi connectivity index (χ1v) is 7.75. The molecule has 0 spiro atoms. The van der Waals surface area contributed by atoms with Gasteiger partial charge < -0.3 is 15.4 Å². The Hall–Kier alpha value is -1.56. The summed E-state index contributed by atoms with van der Waals surface area (Å²) in [6.45, 7) is 0.654. The number of nitrogens with two attached hydrogens (primary N) is 1. The fraction of sp³-hybridized carbons (Fsp3) is 0.467. The Bertz CT molecular complexity index is 548. The fourth-order valence-electron chi connectivity index (χ4n) is 2.62. The molecule has 1 saturated heterocycles. The number of hydrogen-bond donors (Lipinski definition) is 1. The Morgan fingerprint density at radius 1 is 1.43 bits per heavy atom. The minimum atomic E-state index is -0.286. The van der Waals surface area contributed by atoms with Gasteiger partial charge >= 0.3 is 5.97 Å². The molecule has 0 radical (unpaired) electrons. The molecule has 1 amide bonds. The molecule has 1 aliphatic heterocycles. The predicted molar refractivity (Wildman–Crippen MR) is 83.9 cm³/mol. The molecule has 5 nitrogen and oxygen atoms in total. The SMILES string of the molecule is COC(=O)CC1CCCCN1C(=O)c1cc(N)ccc1Br. The first-order valence-electron chi connectivity index (χ1n) is 6.95. The molecule has 2 rings (SSSR count). The molecule has 6 heteroatoms. The minimum absolute atomic E-state index is 0.0946. The summed E-state index contributed by atoms with van der Waals surface area (Å²) in [7, 11) is 1.37. The van der Waals surface area contributed by atoms with Crippen LogP contribution in [0.1, 0.15) is 36.0 Å². The number of nitrogens with zero attached hydrogens (tertiary/aromatic N) is 1. The highest BCUT2D eigenvalue weighted by Crippen LogP contribution is 2.26. The maximum absolute atomic E-state index is 12.7. The van der Waals surface area contributed by atoms with Gasteiger partial charge in [0.25, 0.3) is 5.91 Å². The summed E-state index contributed by atoms with van der Waals surface area (Å²) < 4.78 is 5.44. The number of anilines is 1. The van der Waals surface area contributed by atoms with Crippen molar-refractivity contribution in [3.05, 3.63) is 28.2 Å². The third-order valence-corrected chi connectivity index (χ3v) is 4.43. The summed E-state index contributed by atoms with van der Waals surface area (Å²) in [5.74, 6) is -0.380. The normalized spacial score (nSPS) is 18.4.